The third-order valence-corrected chi connectivity index (χ3v) is 5.09. The summed E-state index contributed by atoms with van der Waals surface area (Å²) in [4.78, 5) is 7.39. The molecule has 0 fully saturated rings. The first-order chi connectivity index (χ1) is 16.3. The van der Waals surface area contributed by atoms with Gasteiger partial charge in [-0.2, -0.15) is 4.57 Å². The van der Waals surface area contributed by atoms with Gasteiger partial charge in [-0.25, -0.2) is 4.98 Å². The van der Waals surface area contributed by atoms with Crippen molar-refractivity contribution >= 4 is 7.81 Å². The summed E-state index contributed by atoms with van der Waals surface area (Å²) < 4.78 is 61.7. The zero-order chi connectivity index (χ0) is 25.6. The van der Waals surface area contributed by atoms with E-state index in [9.17, 15) is 25.2 Å². The van der Waals surface area contributed by atoms with Crippen molar-refractivity contribution < 1.29 is 29.7 Å². The Kier molecular flexibility index (Phi) is 7.41. The van der Waals surface area contributed by atoms with E-state index in [0.29, 0.717) is 0 Å². The van der Waals surface area contributed by atoms with E-state index >= 15 is 0 Å². The minimum absolute atomic E-state index is 0.927. The van der Waals surface area contributed by atoms with Crippen molar-refractivity contribution in [3.8, 4) is 22.4 Å². The van der Waals surface area contributed by atoms with Gasteiger partial charge in [0, 0.05) is 42.4 Å². The van der Waals surface area contributed by atoms with Crippen LogP contribution in [0.4, 0.5) is 25.2 Å². The van der Waals surface area contributed by atoms with Crippen molar-refractivity contribution in [2.45, 2.75) is 32.7 Å². The summed E-state index contributed by atoms with van der Waals surface area (Å²) in [6.07, 6.45) is 6.79. The van der Waals surface area contributed by atoms with Crippen LogP contribution in [0.15, 0.2) is 85.3 Å². The number of rotatable bonds is 7. The van der Waals surface area contributed by atoms with Crippen LogP contribution in [0.3, 0.4) is 0 Å². The third-order valence-electron chi connectivity index (χ3n) is 5.09. The average Bonchev–Trinajstić information content (AvgIpc) is 3.31. The van der Waals surface area contributed by atoms with E-state index in [1.54, 1.807) is 6.33 Å². The number of hydrogen-bond donors (Lipinski definition) is 1. The number of aromatic amines is 1. The van der Waals surface area contributed by atoms with Gasteiger partial charge in [0.25, 0.3) is 0 Å². The van der Waals surface area contributed by atoms with Crippen LogP contribution < -0.4 is 4.57 Å². The fourth-order valence-electron chi connectivity index (χ4n) is 3.71. The molecule has 0 atom stereocenters. The summed E-state index contributed by atoms with van der Waals surface area (Å²) in [5.74, 6) is 0. The van der Waals surface area contributed by atoms with Crippen molar-refractivity contribution in [1.29, 1.82) is 0 Å². The van der Waals surface area contributed by atoms with Gasteiger partial charge in [0.2, 0.25) is 5.69 Å². The van der Waals surface area contributed by atoms with E-state index in [-0.39, 0.29) is 0 Å². The Morgan fingerprint density at radius 2 is 1.34 bits per heavy atom. The summed E-state index contributed by atoms with van der Waals surface area (Å²) in [6, 6.07) is 26.1. The molecular formula is C25H26F6N3P. The fourth-order valence-corrected chi connectivity index (χ4v) is 3.71. The topological polar surface area (TPSA) is 32.6 Å². The van der Waals surface area contributed by atoms with Crippen molar-refractivity contribution in [3.63, 3.8) is 0 Å². The molecule has 0 aliphatic heterocycles. The van der Waals surface area contributed by atoms with E-state index in [1.165, 1.54) is 33.8 Å². The molecule has 10 heteroatoms. The van der Waals surface area contributed by atoms with Crippen molar-refractivity contribution in [1.82, 2.24) is 9.97 Å². The van der Waals surface area contributed by atoms with E-state index < -0.39 is 7.81 Å². The normalized spacial score (nSPS) is 13.3. The number of aromatic nitrogens is 3. The summed E-state index contributed by atoms with van der Waals surface area (Å²) in [5.41, 5.74) is 7.61. The zero-order valence-corrected chi connectivity index (χ0v) is 19.9. The molecule has 4 aromatic rings. The number of halogens is 6. The molecule has 0 aliphatic rings. The fraction of sp³-hybridized carbons (Fsp3) is 0.200. The molecule has 188 valence electrons. The Bertz CT molecular complexity index is 1220. The van der Waals surface area contributed by atoms with Crippen LogP contribution in [-0.4, -0.2) is 9.97 Å². The third kappa shape index (κ3) is 9.53. The van der Waals surface area contributed by atoms with E-state index in [2.05, 4.69) is 94.3 Å². The second-order valence-corrected chi connectivity index (χ2v) is 9.96. The first-order valence-electron chi connectivity index (χ1n) is 11.0. The van der Waals surface area contributed by atoms with Crippen molar-refractivity contribution in [2.75, 3.05) is 0 Å². The Hall–Kier alpha value is -3.19. The summed E-state index contributed by atoms with van der Waals surface area (Å²) in [5, 5.41) is 0. The van der Waals surface area contributed by atoms with Crippen LogP contribution in [0.1, 0.15) is 24.7 Å². The predicted octanol–water partition coefficient (Wildman–Crippen LogP) is 8.61. The number of H-pyrrole nitrogens is 1. The minimum atomic E-state index is -10.7. The predicted molar refractivity (Wildman–Crippen MR) is 127 cm³/mol. The molecule has 2 aromatic carbocycles. The van der Waals surface area contributed by atoms with Crippen LogP contribution in [0.2, 0.25) is 0 Å². The molecule has 2 aromatic heterocycles. The van der Waals surface area contributed by atoms with Gasteiger partial charge in [0.05, 0.1) is 6.33 Å². The standard InChI is InChI=1S/C25H26N3.F6P/c1-2-9-24-16-22(20-10-5-3-6-11-20)17-25(21-12-7-4-8-13-21)28(24)15-14-23-18-26-19-27-23;1-7(2,3,4,5)6/h3-8,10-13,16-19H,2,9,14-15H2,1H3,(H,26,27);/q+1;-1. The number of aryl methyl sites for hydroxylation is 2. The van der Waals surface area contributed by atoms with Crippen LogP contribution in [0.25, 0.3) is 22.4 Å². The summed E-state index contributed by atoms with van der Waals surface area (Å²) in [6.45, 7) is 3.17. The van der Waals surface area contributed by atoms with Gasteiger partial charge in [0.15, 0.2) is 12.2 Å². The number of benzene rings is 2. The number of nitrogens with one attached hydrogen (secondary N) is 1. The number of hydrogen-bond acceptors (Lipinski definition) is 1. The van der Waals surface area contributed by atoms with E-state index in [4.69, 9.17) is 0 Å². The maximum atomic E-state index is 9.87. The van der Waals surface area contributed by atoms with Gasteiger partial charge in [-0.3, -0.25) is 0 Å². The monoisotopic (exact) mass is 513 g/mol. The maximum absolute atomic E-state index is 10.7. The van der Waals surface area contributed by atoms with Crippen molar-refractivity contribution in [3.05, 3.63) is 96.7 Å². The number of imidazole rings is 1. The second kappa shape index (κ2) is 9.82. The molecule has 0 unspecified atom stereocenters. The molecule has 0 saturated heterocycles. The van der Waals surface area contributed by atoms with Crippen LogP contribution in [0.5, 0.6) is 0 Å². The second-order valence-electron chi connectivity index (χ2n) is 8.04. The van der Waals surface area contributed by atoms with Crippen LogP contribution in [-0.2, 0) is 19.4 Å². The zero-order valence-electron chi connectivity index (χ0n) is 19.0. The molecular weight excluding hydrogens is 487 g/mol. The molecule has 0 radical (unpaired) electrons. The Labute approximate surface area is 199 Å². The molecule has 1 N–H and O–H groups in total. The van der Waals surface area contributed by atoms with Gasteiger partial charge >= 0.3 is 33.0 Å². The first kappa shape index (κ1) is 26.4. The summed E-state index contributed by atoms with van der Waals surface area (Å²) in [7, 11) is -10.7. The molecule has 0 aliphatic carbocycles. The molecule has 0 saturated carbocycles. The SMILES string of the molecule is CCCc1cc(-c2ccccc2)cc(-c2ccccc2)[n+]1CCc1cnc[nH]1.F[P-](F)(F)(F)(F)F. The molecule has 0 spiro atoms. The average molecular weight is 513 g/mol. The molecule has 0 amide bonds. The molecule has 2 heterocycles. The quantitative estimate of drug-likeness (QED) is 0.150. The first-order valence-corrected chi connectivity index (χ1v) is 13.0. The van der Waals surface area contributed by atoms with Gasteiger partial charge in [-0.05, 0) is 29.7 Å². The van der Waals surface area contributed by atoms with Gasteiger partial charge in [0.1, 0.15) is 0 Å². The van der Waals surface area contributed by atoms with Crippen LogP contribution in [0, 0.1) is 0 Å². The van der Waals surface area contributed by atoms with Gasteiger partial charge in [-0.1, -0.05) is 55.5 Å². The number of nitrogens with zero attached hydrogens (tertiary/aromatic N) is 2. The molecule has 35 heavy (non-hydrogen) atoms. The van der Waals surface area contributed by atoms with Gasteiger partial charge < -0.3 is 4.98 Å². The van der Waals surface area contributed by atoms with E-state index in [1.807, 2.05) is 6.20 Å². The number of pyridine rings is 1. The molecule has 4 rings (SSSR count). The Balaban J connectivity index is 0.000000429. The van der Waals surface area contributed by atoms with Gasteiger partial charge in [-0.15, -0.1) is 0 Å². The Morgan fingerprint density at radius 1 is 0.771 bits per heavy atom. The van der Waals surface area contributed by atoms with Crippen LogP contribution >= 0.6 is 7.81 Å². The van der Waals surface area contributed by atoms with E-state index in [0.717, 1.165) is 25.8 Å². The molecule has 3 nitrogen and oxygen atoms in total. The van der Waals surface area contributed by atoms with Crippen molar-refractivity contribution in [2.24, 2.45) is 0 Å². The Morgan fingerprint density at radius 3 is 1.86 bits per heavy atom. The molecule has 0 bridgehead atoms. The summed E-state index contributed by atoms with van der Waals surface area (Å²) >= 11 is 0.